The maximum absolute atomic E-state index is 11.7. The van der Waals surface area contributed by atoms with Gasteiger partial charge in [0, 0.05) is 0 Å². The Morgan fingerprint density at radius 1 is 1.33 bits per heavy atom. The lowest BCUT2D eigenvalue weighted by Gasteiger charge is -2.29. The lowest BCUT2D eigenvalue weighted by Crippen LogP contribution is -2.23. The normalized spacial score (nSPS) is 36.2. The van der Waals surface area contributed by atoms with Crippen LogP contribution in [0.3, 0.4) is 0 Å². The van der Waals surface area contributed by atoms with Gasteiger partial charge >= 0.3 is 5.97 Å². The van der Waals surface area contributed by atoms with E-state index in [9.17, 15) is 4.79 Å². The third kappa shape index (κ3) is 2.71. The van der Waals surface area contributed by atoms with E-state index in [2.05, 4.69) is 20.8 Å². The van der Waals surface area contributed by atoms with E-state index in [4.69, 9.17) is 9.47 Å². The third-order valence-corrected chi connectivity index (χ3v) is 4.57. The number of epoxide rings is 1. The SMILES string of the molecule is CCOC(=O)C1OC12CCCC(C(C)(C)C)CC2. The molecular weight excluding hydrogens is 228 g/mol. The van der Waals surface area contributed by atoms with Crippen LogP contribution in [0.25, 0.3) is 0 Å². The van der Waals surface area contributed by atoms with Crippen LogP contribution >= 0.6 is 0 Å². The molecule has 0 amide bonds. The number of carbonyl (C=O) groups excluding carboxylic acids is 1. The largest absolute Gasteiger partial charge is 0.464 e. The predicted molar refractivity (Wildman–Crippen MR) is 70.3 cm³/mol. The van der Waals surface area contributed by atoms with Gasteiger partial charge in [0.25, 0.3) is 0 Å². The Labute approximate surface area is 110 Å². The second-order valence-electron chi connectivity index (χ2n) is 6.81. The molecule has 2 aliphatic rings. The molecule has 1 saturated carbocycles. The van der Waals surface area contributed by atoms with Crippen molar-refractivity contribution >= 4 is 5.97 Å². The van der Waals surface area contributed by atoms with E-state index < -0.39 is 0 Å². The molecule has 1 aliphatic carbocycles. The second kappa shape index (κ2) is 4.84. The highest BCUT2D eigenvalue weighted by atomic mass is 16.7. The van der Waals surface area contributed by atoms with Crippen LogP contribution in [0.4, 0.5) is 0 Å². The van der Waals surface area contributed by atoms with Gasteiger partial charge in [0.1, 0.15) is 5.60 Å². The van der Waals surface area contributed by atoms with Crippen LogP contribution in [0.15, 0.2) is 0 Å². The first kappa shape index (κ1) is 13.9. The van der Waals surface area contributed by atoms with Crippen molar-refractivity contribution in [3.05, 3.63) is 0 Å². The molecule has 18 heavy (non-hydrogen) atoms. The van der Waals surface area contributed by atoms with Crippen LogP contribution in [0.5, 0.6) is 0 Å². The molecule has 0 radical (unpaired) electrons. The zero-order valence-electron chi connectivity index (χ0n) is 12.1. The van der Waals surface area contributed by atoms with Crippen molar-refractivity contribution in [3.8, 4) is 0 Å². The Morgan fingerprint density at radius 2 is 2.06 bits per heavy atom. The highest BCUT2D eigenvalue weighted by Gasteiger charge is 2.61. The molecule has 0 N–H and O–H groups in total. The molecule has 0 bridgehead atoms. The fourth-order valence-electron chi connectivity index (χ4n) is 3.26. The summed E-state index contributed by atoms with van der Waals surface area (Å²) in [5.74, 6) is 0.579. The highest BCUT2D eigenvalue weighted by molar-refractivity contribution is 5.79. The minimum Gasteiger partial charge on any atom is -0.464 e. The number of carbonyl (C=O) groups is 1. The summed E-state index contributed by atoms with van der Waals surface area (Å²) in [6, 6.07) is 0. The maximum Gasteiger partial charge on any atom is 0.338 e. The van der Waals surface area contributed by atoms with Gasteiger partial charge in [-0.25, -0.2) is 4.79 Å². The van der Waals surface area contributed by atoms with Crippen molar-refractivity contribution in [3.63, 3.8) is 0 Å². The standard InChI is InChI=1S/C15H26O3/c1-5-17-13(16)12-15(18-12)9-6-7-11(8-10-15)14(2,3)4/h11-12H,5-10H2,1-4H3. The summed E-state index contributed by atoms with van der Waals surface area (Å²) in [7, 11) is 0. The van der Waals surface area contributed by atoms with Gasteiger partial charge in [0.2, 0.25) is 0 Å². The molecule has 104 valence electrons. The van der Waals surface area contributed by atoms with Gasteiger partial charge < -0.3 is 9.47 Å². The predicted octanol–water partition coefficient (Wildman–Crippen LogP) is 3.31. The molecule has 0 aromatic carbocycles. The summed E-state index contributed by atoms with van der Waals surface area (Å²) in [5, 5.41) is 0. The Balaban J connectivity index is 1.93. The average molecular weight is 254 g/mol. The Hall–Kier alpha value is -0.570. The van der Waals surface area contributed by atoms with Crippen LogP contribution in [-0.4, -0.2) is 24.3 Å². The monoisotopic (exact) mass is 254 g/mol. The lowest BCUT2D eigenvalue weighted by molar-refractivity contribution is -0.144. The van der Waals surface area contributed by atoms with Crippen LogP contribution in [0.1, 0.15) is 59.8 Å². The number of hydrogen-bond donors (Lipinski definition) is 0. The van der Waals surface area contributed by atoms with Gasteiger partial charge in [-0.3, -0.25) is 0 Å². The zero-order valence-corrected chi connectivity index (χ0v) is 12.1. The first-order valence-electron chi connectivity index (χ1n) is 7.23. The third-order valence-electron chi connectivity index (χ3n) is 4.57. The first-order chi connectivity index (χ1) is 8.39. The van der Waals surface area contributed by atoms with Crippen molar-refractivity contribution in [2.45, 2.75) is 71.5 Å². The number of esters is 1. The van der Waals surface area contributed by atoms with Gasteiger partial charge in [0.05, 0.1) is 6.61 Å². The molecular formula is C15H26O3. The van der Waals surface area contributed by atoms with E-state index in [0.29, 0.717) is 12.0 Å². The van der Waals surface area contributed by atoms with E-state index in [0.717, 1.165) is 25.2 Å². The minimum absolute atomic E-state index is 0.160. The fraction of sp³-hybridized carbons (Fsp3) is 0.933. The molecule has 1 aliphatic heterocycles. The van der Waals surface area contributed by atoms with E-state index in [-0.39, 0.29) is 17.7 Å². The van der Waals surface area contributed by atoms with E-state index in [1.807, 2.05) is 6.92 Å². The summed E-state index contributed by atoms with van der Waals surface area (Å²) in [4.78, 5) is 11.7. The van der Waals surface area contributed by atoms with Crippen molar-refractivity contribution in [2.75, 3.05) is 6.61 Å². The van der Waals surface area contributed by atoms with Crippen molar-refractivity contribution in [1.82, 2.24) is 0 Å². The molecule has 0 aromatic rings. The van der Waals surface area contributed by atoms with Crippen LogP contribution in [-0.2, 0) is 14.3 Å². The Bertz CT molecular complexity index is 318. The Morgan fingerprint density at radius 3 is 2.67 bits per heavy atom. The molecule has 0 aromatic heterocycles. The lowest BCUT2D eigenvalue weighted by atomic mass is 9.76. The molecule has 1 saturated heterocycles. The van der Waals surface area contributed by atoms with Crippen LogP contribution in [0, 0.1) is 11.3 Å². The minimum atomic E-state index is -0.281. The van der Waals surface area contributed by atoms with E-state index in [1.165, 1.54) is 12.8 Å². The first-order valence-corrected chi connectivity index (χ1v) is 7.23. The van der Waals surface area contributed by atoms with Gasteiger partial charge in [-0.1, -0.05) is 27.2 Å². The quantitative estimate of drug-likeness (QED) is 0.560. The van der Waals surface area contributed by atoms with Gasteiger partial charge in [0.15, 0.2) is 6.10 Å². The van der Waals surface area contributed by atoms with Gasteiger partial charge in [-0.05, 0) is 43.9 Å². The number of hydrogen-bond acceptors (Lipinski definition) is 3. The van der Waals surface area contributed by atoms with Crippen molar-refractivity contribution < 1.29 is 14.3 Å². The van der Waals surface area contributed by atoms with Gasteiger partial charge in [-0.15, -0.1) is 0 Å². The average Bonchev–Trinajstić information content (AvgIpc) is 3.01. The summed E-state index contributed by atoms with van der Waals surface area (Å²) < 4.78 is 10.8. The maximum atomic E-state index is 11.7. The van der Waals surface area contributed by atoms with Crippen molar-refractivity contribution in [2.24, 2.45) is 11.3 Å². The second-order valence-corrected chi connectivity index (χ2v) is 6.81. The van der Waals surface area contributed by atoms with Crippen LogP contribution in [0.2, 0.25) is 0 Å². The number of ether oxygens (including phenoxy) is 2. The highest BCUT2D eigenvalue weighted by Crippen LogP contribution is 2.50. The van der Waals surface area contributed by atoms with Gasteiger partial charge in [-0.2, -0.15) is 0 Å². The molecule has 3 unspecified atom stereocenters. The molecule has 1 heterocycles. The molecule has 1 spiro atoms. The number of rotatable bonds is 2. The smallest absolute Gasteiger partial charge is 0.338 e. The van der Waals surface area contributed by atoms with Crippen molar-refractivity contribution in [1.29, 1.82) is 0 Å². The van der Waals surface area contributed by atoms with E-state index in [1.54, 1.807) is 0 Å². The molecule has 3 nitrogen and oxygen atoms in total. The summed E-state index contributed by atoms with van der Waals surface area (Å²) in [6.07, 6.45) is 5.33. The summed E-state index contributed by atoms with van der Waals surface area (Å²) >= 11 is 0. The summed E-state index contributed by atoms with van der Waals surface area (Å²) in [6.45, 7) is 9.22. The molecule has 2 fully saturated rings. The topological polar surface area (TPSA) is 38.8 Å². The van der Waals surface area contributed by atoms with Crippen LogP contribution < -0.4 is 0 Å². The summed E-state index contributed by atoms with van der Waals surface area (Å²) in [5.41, 5.74) is 0.187. The fourth-order valence-corrected chi connectivity index (χ4v) is 3.26. The Kier molecular flexibility index (Phi) is 3.72. The molecule has 3 heteroatoms. The zero-order chi connectivity index (χ0) is 13.4. The molecule has 2 rings (SSSR count). The van der Waals surface area contributed by atoms with E-state index >= 15 is 0 Å². The molecule has 3 atom stereocenters.